The molecular weight excluding hydrogens is 262 g/mol. The predicted molar refractivity (Wildman–Crippen MR) is 84.4 cm³/mol. The van der Waals surface area contributed by atoms with Crippen molar-refractivity contribution in [3.63, 3.8) is 0 Å². The van der Waals surface area contributed by atoms with Crippen LogP contribution in [-0.2, 0) is 11.2 Å². The molecule has 3 nitrogen and oxygen atoms in total. The zero-order chi connectivity index (χ0) is 15.2. The van der Waals surface area contributed by atoms with E-state index in [1.807, 2.05) is 62.4 Å². The van der Waals surface area contributed by atoms with Crippen LogP contribution in [0.2, 0.25) is 0 Å². The second-order valence-corrected chi connectivity index (χ2v) is 5.19. The molecule has 21 heavy (non-hydrogen) atoms. The Morgan fingerprint density at radius 2 is 1.90 bits per heavy atom. The molecule has 1 atom stereocenters. The summed E-state index contributed by atoms with van der Waals surface area (Å²) in [5.74, 6) is 0.748. The minimum absolute atomic E-state index is 0.00440. The van der Waals surface area contributed by atoms with Crippen LogP contribution in [0.5, 0.6) is 5.75 Å². The number of hydrogen-bond donors (Lipinski definition) is 1. The summed E-state index contributed by atoms with van der Waals surface area (Å²) in [5, 5.41) is 3.02. The summed E-state index contributed by atoms with van der Waals surface area (Å²) in [6, 6.07) is 15.8. The highest BCUT2D eigenvalue weighted by atomic mass is 16.5. The highest BCUT2D eigenvalue weighted by Gasteiger charge is 2.12. The van der Waals surface area contributed by atoms with Crippen LogP contribution in [0.3, 0.4) is 0 Å². The Kier molecular flexibility index (Phi) is 4.99. The van der Waals surface area contributed by atoms with Gasteiger partial charge in [-0.15, -0.1) is 0 Å². The van der Waals surface area contributed by atoms with Crippen LogP contribution in [0.25, 0.3) is 0 Å². The van der Waals surface area contributed by atoms with Crippen LogP contribution in [0.1, 0.15) is 29.7 Å². The van der Waals surface area contributed by atoms with Crippen molar-refractivity contribution in [2.75, 3.05) is 7.11 Å². The van der Waals surface area contributed by atoms with Crippen LogP contribution in [0.4, 0.5) is 0 Å². The lowest BCUT2D eigenvalue weighted by molar-refractivity contribution is -0.121. The molecule has 0 radical (unpaired) electrons. The molecule has 0 unspecified atom stereocenters. The average Bonchev–Trinajstić information content (AvgIpc) is 2.48. The van der Waals surface area contributed by atoms with E-state index in [9.17, 15) is 4.79 Å². The van der Waals surface area contributed by atoms with Gasteiger partial charge in [0.1, 0.15) is 5.75 Å². The summed E-state index contributed by atoms with van der Waals surface area (Å²) in [6.45, 7) is 3.99. The van der Waals surface area contributed by atoms with E-state index in [0.29, 0.717) is 6.42 Å². The lowest BCUT2D eigenvalue weighted by Crippen LogP contribution is -2.28. The molecule has 0 saturated carbocycles. The Labute approximate surface area is 126 Å². The van der Waals surface area contributed by atoms with E-state index in [1.54, 1.807) is 7.11 Å². The molecule has 2 rings (SSSR count). The van der Waals surface area contributed by atoms with E-state index >= 15 is 0 Å². The molecule has 0 fully saturated rings. The van der Waals surface area contributed by atoms with Crippen molar-refractivity contribution in [3.05, 3.63) is 65.2 Å². The molecule has 110 valence electrons. The van der Waals surface area contributed by atoms with Crippen molar-refractivity contribution in [3.8, 4) is 5.75 Å². The highest BCUT2D eigenvalue weighted by Crippen LogP contribution is 2.20. The summed E-state index contributed by atoms with van der Waals surface area (Å²) >= 11 is 0. The first kappa shape index (κ1) is 15.1. The molecule has 0 saturated heterocycles. The number of benzene rings is 2. The van der Waals surface area contributed by atoms with Crippen LogP contribution < -0.4 is 10.1 Å². The van der Waals surface area contributed by atoms with Crippen LogP contribution in [0, 0.1) is 6.92 Å². The topological polar surface area (TPSA) is 38.3 Å². The average molecular weight is 283 g/mol. The molecule has 0 bridgehead atoms. The van der Waals surface area contributed by atoms with Crippen LogP contribution in [-0.4, -0.2) is 13.0 Å². The normalized spacial score (nSPS) is 11.8. The minimum Gasteiger partial charge on any atom is -0.496 e. The molecule has 0 aliphatic rings. The number of amides is 1. The zero-order valence-electron chi connectivity index (χ0n) is 12.7. The fourth-order valence-electron chi connectivity index (χ4n) is 2.34. The van der Waals surface area contributed by atoms with Gasteiger partial charge in [0.05, 0.1) is 19.6 Å². The maximum absolute atomic E-state index is 12.2. The molecule has 0 aromatic heterocycles. The van der Waals surface area contributed by atoms with E-state index in [0.717, 1.165) is 22.4 Å². The molecule has 1 amide bonds. The SMILES string of the molecule is COc1ccc(C)cc1CC(=O)N[C@@H](C)c1ccccc1. The van der Waals surface area contributed by atoms with Crippen LogP contribution >= 0.6 is 0 Å². The number of methoxy groups -OCH3 is 1. The standard InChI is InChI=1S/C18H21NO2/c1-13-9-10-17(21-3)16(11-13)12-18(20)19-14(2)15-7-5-4-6-8-15/h4-11,14H,12H2,1-3H3,(H,19,20)/t14-/m0/s1. The monoisotopic (exact) mass is 283 g/mol. The van der Waals surface area contributed by atoms with E-state index in [1.165, 1.54) is 0 Å². The molecule has 1 N–H and O–H groups in total. The Morgan fingerprint density at radius 3 is 2.57 bits per heavy atom. The molecule has 0 heterocycles. The summed E-state index contributed by atoms with van der Waals surface area (Å²) < 4.78 is 5.31. The van der Waals surface area contributed by atoms with Gasteiger partial charge in [-0.2, -0.15) is 0 Å². The van der Waals surface area contributed by atoms with E-state index in [-0.39, 0.29) is 11.9 Å². The maximum atomic E-state index is 12.2. The Morgan fingerprint density at radius 1 is 1.19 bits per heavy atom. The first-order chi connectivity index (χ1) is 10.1. The fraction of sp³-hybridized carbons (Fsp3) is 0.278. The number of rotatable bonds is 5. The number of carbonyl (C=O) groups excluding carboxylic acids is 1. The number of carbonyl (C=O) groups is 1. The lowest BCUT2D eigenvalue weighted by Gasteiger charge is -2.15. The van der Waals surface area contributed by atoms with Gasteiger partial charge in [0.15, 0.2) is 0 Å². The second-order valence-electron chi connectivity index (χ2n) is 5.19. The van der Waals surface area contributed by atoms with Gasteiger partial charge in [0.2, 0.25) is 5.91 Å². The van der Waals surface area contributed by atoms with Gasteiger partial charge < -0.3 is 10.1 Å². The van der Waals surface area contributed by atoms with Gasteiger partial charge in [-0.25, -0.2) is 0 Å². The minimum atomic E-state index is -0.00509. The van der Waals surface area contributed by atoms with Crippen molar-refractivity contribution in [2.45, 2.75) is 26.3 Å². The van der Waals surface area contributed by atoms with Crippen molar-refractivity contribution in [1.82, 2.24) is 5.32 Å². The number of ether oxygens (including phenoxy) is 1. The van der Waals surface area contributed by atoms with E-state index in [4.69, 9.17) is 4.74 Å². The van der Waals surface area contributed by atoms with Crippen molar-refractivity contribution in [2.24, 2.45) is 0 Å². The molecular formula is C18H21NO2. The number of aryl methyl sites for hydroxylation is 1. The Bertz CT molecular complexity index is 608. The first-order valence-electron chi connectivity index (χ1n) is 7.08. The third-order valence-electron chi connectivity index (χ3n) is 3.46. The van der Waals surface area contributed by atoms with Gasteiger partial charge >= 0.3 is 0 Å². The maximum Gasteiger partial charge on any atom is 0.225 e. The summed E-state index contributed by atoms with van der Waals surface area (Å²) in [7, 11) is 1.62. The molecule has 2 aromatic rings. The van der Waals surface area contributed by atoms with Gasteiger partial charge in [0.25, 0.3) is 0 Å². The van der Waals surface area contributed by atoms with E-state index in [2.05, 4.69) is 5.32 Å². The molecule has 0 spiro atoms. The first-order valence-corrected chi connectivity index (χ1v) is 7.08. The van der Waals surface area contributed by atoms with Crippen molar-refractivity contribution in [1.29, 1.82) is 0 Å². The lowest BCUT2D eigenvalue weighted by atomic mass is 10.1. The third-order valence-corrected chi connectivity index (χ3v) is 3.46. The molecule has 0 aliphatic carbocycles. The van der Waals surface area contributed by atoms with Gasteiger partial charge in [-0.1, -0.05) is 48.0 Å². The van der Waals surface area contributed by atoms with Crippen molar-refractivity contribution < 1.29 is 9.53 Å². The number of nitrogens with one attached hydrogen (secondary N) is 1. The van der Waals surface area contributed by atoms with Gasteiger partial charge in [-0.3, -0.25) is 4.79 Å². The van der Waals surface area contributed by atoms with Crippen LogP contribution in [0.15, 0.2) is 48.5 Å². The smallest absolute Gasteiger partial charge is 0.225 e. The predicted octanol–water partition coefficient (Wildman–Crippen LogP) is 3.42. The fourth-order valence-corrected chi connectivity index (χ4v) is 2.34. The van der Waals surface area contributed by atoms with Gasteiger partial charge in [-0.05, 0) is 25.5 Å². The number of hydrogen-bond acceptors (Lipinski definition) is 2. The summed E-state index contributed by atoms with van der Waals surface area (Å²) in [4.78, 5) is 12.2. The second kappa shape index (κ2) is 6.93. The highest BCUT2D eigenvalue weighted by molar-refractivity contribution is 5.79. The quantitative estimate of drug-likeness (QED) is 0.913. The van der Waals surface area contributed by atoms with E-state index < -0.39 is 0 Å². The largest absolute Gasteiger partial charge is 0.496 e. The Balaban J connectivity index is 2.04. The van der Waals surface area contributed by atoms with Gasteiger partial charge in [0, 0.05) is 5.56 Å². The summed E-state index contributed by atoms with van der Waals surface area (Å²) in [6.07, 6.45) is 0.321. The molecule has 2 aromatic carbocycles. The molecule has 3 heteroatoms. The summed E-state index contributed by atoms with van der Waals surface area (Å²) in [5.41, 5.74) is 3.13. The van der Waals surface area contributed by atoms with Crippen molar-refractivity contribution >= 4 is 5.91 Å². The third kappa shape index (κ3) is 4.09. The zero-order valence-corrected chi connectivity index (χ0v) is 12.7. The molecule has 0 aliphatic heterocycles. The Hall–Kier alpha value is -2.29.